The second-order valence-electron chi connectivity index (χ2n) is 6.24. The van der Waals surface area contributed by atoms with Crippen LogP contribution in [0.25, 0.3) is 0 Å². The molecule has 6 nitrogen and oxygen atoms in total. The Morgan fingerprint density at radius 3 is 2.37 bits per heavy atom. The number of amides is 1. The number of benzene rings is 2. The van der Waals surface area contributed by atoms with E-state index < -0.39 is 10.0 Å². The summed E-state index contributed by atoms with van der Waals surface area (Å²) >= 11 is 0. The van der Waals surface area contributed by atoms with Gasteiger partial charge in [0.2, 0.25) is 15.9 Å². The summed E-state index contributed by atoms with van der Waals surface area (Å²) in [4.78, 5) is 12.1. The Kier molecular flexibility index (Phi) is 7.82. The van der Waals surface area contributed by atoms with Crippen molar-refractivity contribution < 1.29 is 17.9 Å². The Balaban J connectivity index is 1.85. The molecule has 0 radical (unpaired) electrons. The van der Waals surface area contributed by atoms with E-state index in [-0.39, 0.29) is 18.9 Å². The summed E-state index contributed by atoms with van der Waals surface area (Å²) < 4.78 is 30.6. The van der Waals surface area contributed by atoms with E-state index in [1.807, 2.05) is 54.6 Å². The van der Waals surface area contributed by atoms with Crippen molar-refractivity contribution in [3.63, 3.8) is 0 Å². The summed E-state index contributed by atoms with van der Waals surface area (Å²) in [6.45, 7) is 0.845. The standard InChI is InChI=1S/C20H26N2O4S/c1-26-19-11-7-6-10-18(19)16-21-20(23)13-15-22(27(2,24)25)14-12-17-8-4-3-5-9-17/h3-11H,12-16H2,1-2H3,(H,21,23). The number of para-hydroxylation sites is 1. The lowest BCUT2D eigenvalue weighted by Crippen LogP contribution is -2.35. The maximum Gasteiger partial charge on any atom is 0.221 e. The molecule has 0 unspecified atom stereocenters. The minimum atomic E-state index is -3.38. The van der Waals surface area contributed by atoms with Crippen molar-refractivity contribution in [1.82, 2.24) is 9.62 Å². The van der Waals surface area contributed by atoms with Gasteiger partial charge in [-0.3, -0.25) is 4.79 Å². The molecular weight excluding hydrogens is 364 g/mol. The second-order valence-corrected chi connectivity index (χ2v) is 8.22. The maximum absolute atomic E-state index is 12.1. The number of carbonyl (C=O) groups is 1. The zero-order chi connectivity index (χ0) is 19.7. The van der Waals surface area contributed by atoms with E-state index in [1.54, 1.807) is 7.11 Å². The Hall–Kier alpha value is -2.38. The number of carbonyl (C=O) groups excluding carboxylic acids is 1. The molecule has 2 rings (SSSR count). The number of nitrogens with one attached hydrogen (secondary N) is 1. The van der Waals surface area contributed by atoms with Gasteiger partial charge in [-0.1, -0.05) is 48.5 Å². The molecule has 27 heavy (non-hydrogen) atoms. The number of ether oxygens (including phenoxy) is 1. The minimum absolute atomic E-state index is 0.108. The van der Waals surface area contributed by atoms with Gasteiger partial charge in [-0.2, -0.15) is 0 Å². The van der Waals surface area contributed by atoms with Gasteiger partial charge in [0.05, 0.1) is 13.4 Å². The molecule has 0 aliphatic rings. The molecule has 0 saturated heterocycles. The Bertz CT molecular complexity index is 838. The van der Waals surface area contributed by atoms with Crippen LogP contribution in [0.2, 0.25) is 0 Å². The normalized spacial score (nSPS) is 11.4. The van der Waals surface area contributed by atoms with E-state index in [9.17, 15) is 13.2 Å². The van der Waals surface area contributed by atoms with Gasteiger partial charge >= 0.3 is 0 Å². The predicted molar refractivity (Wildman–Crippen MR) is 106 cm³/mol. The molecule has 1 N–H and O–H groups in total. The average Bonchev–Trinajstić information content (AvgIpc) is 2.66. The molecular formula is C20H26N2O4S. The molecule has 0 aliphatic heterocycles. The van der Waals surface area contributed by atoms with Crippen LogP contribution in [0.15, 0.2) is 54.6 Å². The first-order valence-electron chi connectivity index (χ1n) is 8.78. The highest BCUT2D eigenvalue weighted by Gasteiger charge is 2.17. The lowest BCUT2D eigenvalue weighted by molar-refractivity contribution is -0.121. The molecule has 0 saturated carbocycles. The fraction of sp³-hybridized carbons (Fsp3) is 0.350. The first-order chi connectivity index (χ1) is 12.9. The molecule has 7 heteroatoms. The summed E-state index contributed by atoms with van der Waals surface area (Å²) in [5.74, 6) is 0.507. The molecule has 146 valence electrons. The van der Waals surface area contributed by atoms with Gasteiger partial charge in [0, 0.05) is 31.6 Å². The van der Waals surface area contributed by atoms with Crippen molar-refractivity contribution in [3.05, 3.63) is 65.7 Å². The van der Waals surface area contributed by atoms with Crippen LogP contribution in [-0.4, -0.2) is 45.1 Å². The fourth-order valence-electron chi connectivity index (χ4n) is 2.70. The van der Waals surface area contributed by atoms with E-state index in [2.05, 4.69) is 5.32 Å². The van der Waals surface area contributed by atoms with Crippen LogP contribution in [0.1, 0.15) is 17.5 Å². The molecule has 0 fully saturated rings. The number of hydrogen-bond acceptors (Lipinski definition) is 4. The van der Waals surface area contributed by atoms with Crippen LogP contribution in [0.4, 0.5) is 0 Å². The quantitative estimate of drug-likeness (QED) is 0.675. The topological polar surface area (TPSA) is 75.7 Å². The molecule has 0 atom stereocenters. The van der Waals surface area contributed by atoms with Crippen LogP contribution in [0, 0.1) is 0 Å². The van der Waals surface area contributed by atoms with Gasteiger partial charge in [0.1, 0.15) is 5.75 Å². The van der Waals surface area contributed by atoms with Crippen molar-refractivity contribution in [1.29, 1.82) is 0 Å². The summed E-state index contributed by atoms with van der Waals surface area (Å²) in [5.41, 5.74) is 1.93. The second kappa shape index (κ2) is 10.1. The molecule has 0 aliphatic carbocycles. The summed E-state index contributed by atoms with van der Waals surface area (Å²) in [5, 5.41) is 2.81. The van der Waals surface area contributed by atoms with E-state index >= 15 is 0 Å². The first kappa shape index (κ1) is 20.9. The summed E-state index contributed by atoms with van der Waals surface area (Å²) in [6, 6.07) is 17.1. The molecule has 0 spiro atoms. The third kappa shape index (κ3) is 7.03. The van der Waals surface area contributed by atoms with E-state index in [4.69, 9.17) is 4.74 Å². The number of rotatable bonds is 10. The Labute approximate surface area is 161 Å². The third-order valence-electron chi connectivity index (χ3n) is 4.22. The van der Waals surface area contributed by atoms with E-state index in [0.29, 0.717) is 25.3 Å². The zero-order valence-corrected chi connectivity index (χ0v) is 16.5. The minimum Gasteiger partial charge on any atom is -0.496 e. The van der Waals surface area contributed by atoms with Gasteiger partial charge in [-0.05, 0) is 18.1 Å². The van der Waals surface area contributed by atoms with Crippen LogP contribution < -0.4 is 10.1 Å². The van der Waals surface area contributed by atoms with Gasteiger partial charge in [-0.15, -0.1) is 0 Å². The van der Waals surface area contributed by atoms with Crippen LogP contribution in [0.3, 0.4) is 0 Å². The molecule has 1 amide bonds. The monoisotopic (exact) mass is 390 g/mol. The van der Waals surface area contributed by atoms with Crippen molar-refractivity contribution in [2.75, 3.05) is 26.5 Å². The Morgan fingerprint density at radius 1 is 1.04 bits per heavy atom. The highest BCUT2D eigenvalue weighted by atomic mass is 32.2. The van der Waals surface area contributed by atoms with Crippen molar-refractivity contribution >= 4 is 15.9 Å². The van der Waals surface area contributed by atoms with Gasteiger partial charge in [-0.25, -0.2) is 12.7 Å². The van der Waals surface area contributed by atoms with Gasteiger partial charge in [0.15, 0.2) is 0 Å². The molecule has 0 heterocycles. The number of nitrogens with zero attached hydrogens (tertiary/aromatic N) is 1. The number of methoxy groups -OCH3 is 1. The lowest BCUT2D eigenvalue weighted by atomic mass is 10.1. The third-order valence-corrected chi connectivity index (χ3v) is 5.52. The fourth-order valence-corrected chi connectivity index (χ4v) is 3.55. The summed E-state index contributed by atoms with van der Waals surface area (Å²) in [7, 11) is -1.79. The van der Waals surface area contributed by atoms with Gasteiger partial charge < -0.3 is 10.1 Å². The smallest absolute Gasteiger partial charge is 0.221 e. The van der Waals surface area contributed by atoms with Crippen LogP contribution in [-0.2, 0) is 27.8 Å². The van der Waals surface area contributed by atoms with Crippen molar-refractivity contribution in [2.24, 2.45) is 0 Å². The Morgan fingerprint density at radius 2 is 1.70 bits per heavy atom. The van der Waals surface area contributed by atoms with Crippen molar-refractivity contribution in [2.45, 2.75) is 19.4 Å². The number of sulfonamides is 1. The zero-order valence-electron chi connectivity index (χ0n) is 15.7. The van der Waals surface area contributed by atoms with Crippen molar-refractivity contribution in [3.8, 4) is 5.75 Å². The highest BCUT2D eigenvalue weighted by Crippen LogP contribution is 2.16. The predicted octanol–water partition coefficient (Wildman–Crippen LogP) is 2.21. The van der Waals surface area contributed by atoms with Gasteiger partial charge in [0.25, 0.3) is 0 Å². The largest absolute Gasteiger partial charge is 0.496 e. The van der Waals surface area contributed by atoms with Crippen LogP contribution in [0.5, 0.6) is 5.75 Å². The lowest BCUT2D eigenvalue weighted by Gasteiger charge is -2.19. The molecule has 0 aromatic heterocycles. The molecule has 0 bridgehead atoms. The maximum atomic E-state index is 12.1. The van der Waals surface area contributed by atoms with E-state index in [1.165, 1.54) is 10.6 Å². The van der Waals surface area contributed by atoms with E-state index in [0.717, 1.165) is 11.1 Å². The average molecular weight is 391 g/mol. The SMILES string of the molecule is COc1ccccc1CNC(=O)CCN(CCc1ccccc1)S(C)(=O)=O. The molecule has 2 aromatic rings. The van der Waals surface area contributed by atoms with Crippen LogP contribution >= 0.6 is 0 Å². The first-order valence-corrected chi connectivity index (χ1v) is 10.6. The summed E-state index contributed by atoms with van der Waals surface area (Å²) in [6.07, 6.45) is 1.89. The highest BCUT2D eigenvalue weighted by molar-refractivity contribution is 7.88. The molecule has 2 aromatic carbocycles. The number of hydrogen-bond donors (Lipinski definition) is 1.